The minimum Gasteiger partial charge on any atom is -0.395 e. The number of carbonyl (C=O) groups is 2. The number of nitrogens with one attached hydrogen (secondary N) is 2. The van der Waals surface area contributed by atoms with Crippen LogP contribution in [0, 0.1) is 10.1 Å². The van der Waals surface area contributed by atoms with E-state index in [0.29, 0.717) is 4.88 Å². The highest BCUT2D eigenvalue weighted by molar-refractivity contribution is 7.20. The number of thiophene rings is 1. The molecule has 0 atom stereocenters. The van der Waals surface area contributed by atoms with Gasteiger partial charge in [0.25, 0.3) is 5.91 Å². The van der Waals surface area contributed by atoms with Gasteiger partial charge in [0.05, 0.1) is 10.9 Å². The van der Waals surface area contributed by atoms with E-state index in [1.807, 2.05) is 24.3 Å². The normalized spacial score (nSPS) is 10.4. The van der Waals surface area contributed by atoms with Crippen LogP contribution in [0.2, 0.25) is 0 Å². The summed E-state index contributed by atoms with van der Waals surface area (Å²) in [6, 6.07) is 11.4. The first-order valence-electron chi connectivity index (χ1n) is 6.38. The van der Waals surface area contributed by atoms with Crippen LogP contribution in [-0.4, -0.2) is 16.7 Å². The Bertz CT molecular complexity index is 881. The Balaban J connectivity index is 1.65. The number of fused-ring (bicyclic) bond motifs is 1. The molecule has 9 heteroatoms. The molecule has 0 aliphatic rings. The molecule has 0 aliphatic heterocycles. The summed E-state index contributed by atoms with van der Waals surface area (Å²) in [4.78, 5) is 33.9. The Hall–Kier alpha value is -3.20. The van der Waals surface area contributed by atoms with Crippen molar-refractivity contribution in [1.82, 2.24) is 10.9 Å². The predicted octanol–water partition coefficient (Wildman–Crippen LogP) is 2.48. The lowest BCUT2D eigenvalue weighted by Gasteiger charge is -2.03. The Morgan fingerprint density at radius 2 is 1.83 bits per heavy atom. The van der Waals surface area contributed by atoms with Crippen molar-refractivity contribution in [2.45, 2.75) is 0 Å². The van der Waals surface area contributed by atoms with Gasteiger partial charge in [-0.3, -0.25) is 30.6 Å². The van der Waals surface area contributed by atoms with Crippen molar-refractivity contribution in [1.29, 1.82) is 0 Å². The van der Waals surface area contributed by atoms with E-state index in [9.17, 15) is 19.7 Å². The standard InChI is InChI=1S/C14H9N3O5S/c18-13(9-5-6-12(22-9)17(20)21)15-16-14(19)11-7-8-3-1-2-4-10(8)23-11/h1-7H,(H,15,18)(H,16,19). The average molecular weight is 331 g/mol. The number of hydrogen-bond acceptors (Lipinski definition) is 6. The predicted molar refractivity (Wildman–Crippen MR) is 82.1 cm³/mol. The lowest BCUT2D eigenvalue weighted by molar-refractivity contribution is -0.402. The van der Waals surface area contributed by atoms with Gasteiger partial charge < -0.3 is 4.42 Å². The number of carbonyl (C=O) groups excluding carboxylic acids is 2. The van der Waals surface area contributed by atoms with Crippen LogP contribution in [-0.2, 0) is 0 Å². The summed E-state index contributed by atoms with van der Waals surface area (Å²) in [6.45, 7) is 0. The first-order valence-corrected chi connectivity index (χ1v) is 7.20. The topological polar surface area (TPSA) is 114 Å². The molecule has 0 saturated heterocycles. The molecule has 0 saturated carbocycles. The van der Waals surface area contributed by atoms with E-state index in [1.165, 1.54) is 11.3 Å². The zero-order valence-corrected chi connectivity index (χ0v) is 12.3. The molecule has 2 heterocycles. The third-order valence-corrected chi connectivity index (χ3v) is 4.05. The SMILES string of the molecule is O=C(NNC(=O)c1cc2ccccc2s1)c1ccc([N+](=O)[O-])o1. The average Bonchev–Trinajstić information content (AvgIpc) is 3.18. The second kappa shape index (κ2) is 5.89. The van der Waals surface area contributed by atoms with Crippen molar-refractivity contribution < 1.29 is 18.9 Å². The number of nitrogens with zero attached hydrogens (tertiary/aromatic N) is 1. The first-order chi connectivity index (χ1) is 11.0. The molecule has 2 N–H and O–H groups in total. The van der Waals surface area contributed by atoms with E-state index in [4.69, 9.17) is 4.42 Å². The molecule has 116 valence electrons. The monoisotopic (exact) mass is 331 g/mol. The molecule has 8 nitrogen and oxygen atoms in total. The van der Waals surface area contributed by atoms with Crippen LogP contribution in [0.15, 0.2) is 46.9 Å². The van der Waals surface area contributed by atoms with Gasteiger partial charge in [-0.1, -0.05) is 18.2 Å². The number of hydrazine groups is 1. The third kappa shape index (κ3) is 3.04. The molecule has 3 rings (SSSR count). The van der Waals surface area contributed by atoms with Crippen LogP contribution in [0.1, 0.15) is 20.2 Å². The van der Waals surface area contributed by atoms with E-state index < -0.39 is 22.6 Å². The van der Waals surface area contributed by atoms with E-state index >= 15 is 0 Å². The smallest absolute Gasteiger partial charge is 0.395 e. The van der Waals surface area contributed by atoms with Gasteiger partial charge in [0.15, 0.2) is 0 Å². The van der Waals surface area contributed by atoms with Gasteiger partial charge in [-0.25, -0.2) is 0 Å². The number of hydrogen-bond donors (Lipinski definition) is 2. The highest BCUT2D eigenvalue weighted by Crippen LogP contribution is 2.24. The van der Waals surface area contributed by atoms with Crippen molar-refractivity contribution >= 4 is 39.1 Å². The zero-order chi connectivity index (χ0) is 16.4. The van der Waals surface area contributed by atoms with Crippen LogP contribution in [0.5, 0.6) is 0 Å². The van der Waals surface area contributed by atoms with E-state index in [0.717, 1.165) is 22.2 Å². The molecule has 0 radical (unpaired) electrons. The number of benzene rings is 1. The molecule has 0 bridgehead atoms. The second-order valence-electron chi connectivity index (χ2n) is 4.45. The molecule has 0 aliphatic carbocycles. The summed E-state index contributed by atoms with van der Waals surface area (Å²) >= 11 is 1.28. The maximum atomic E-state index is 12.0. The minimum atomic E-state index is -0.785. The van der Waals surface area contributed by atoms with Gasteiger partial charge in [-0.05, 0) is 23.6 Å². The van der Waals surface area contributed by atoms with E-state index in [-0.39, 0.29) is 5.76 Å². The quantitative estimate of drug-likeness (QED) is 0.565. The van der Waals surface area contributed by atoms with E-state index in [2.05, 4.69) is 10.9 Å². The van der Waals surface area contributed by atoms with Crippen LogP contribution >= 0.6 is 11.3 Å². The Kier molecular flexibility index (Phi) is 3.77. The van der Waals surface area contributed by atoms with Gasteiger partial charge >= 0.3 is 11.8 Å². The highest BCUT2D eigenvalue weighted by atomic mass is 32.1. The van der Waals surface area contributed by atoms with Crippen molar-refractivity contribution in [3.8, 4) is 0 Å². The summed E-state index contributed by atoms with van der Waals surface area (Å²) in [5, 5.41) is 11.4. The molecule has 1 aromatic carbocycles. The summed E-state index contributed by atoms with van der Waals surface area (Å²) < 4.78 is 5.68. The third-order valence-electron chi connectivity index (χ3n) is 2.93. The summed E-state index contributed by atoms with van der Waals surface area (Å²) in [6.07, 6.45) is 0. The fourth-order valence-corrected chi connectivity index (χ4v) is 2.84. The summed E-state index contributed by atoms with van der Waals surface area (Å²) in [5.41, 5.74) is 4.38. The molecular formula is C14H9N3O5S. The Labute approximate surface area is 132 Å². The lowest BCUT2D eigenvalue weighted by Crippen LogP contribution is -2.41. The maximum Gasteiger partial charge on any atom is 0.433 e. The molecule has 23 heavy (non-hydrogen) atoms. The molecule has 0 fully saturated rings. The molecule has 2 aromatic heterocycles. The van der Waals surface area contributed by atoms with Gasteiger partial charge in [0.2, 0.25) is 5.76 Å². The Morgan fingerprint density at radius 1 is 1.09 bits per heavy atom. The minimum absolute atomic E-state index is 0.270. The second-order valence-corrected chi connectivity index (χ2v) is 5.54. The van der Waals surface area contributed by atoms with Crippen molar-refractivity contribution in [2.24, 2.45) is 0 Å². The molecule has 0 unspecified atom stereocenters. The van der Waals surface area contributed by atoms with Crippen LogP contribution in [0.4, 0.5) is 5.88 Å². The van der Waals surface area contributed by atoms with Gasteiger partial charge in [-0.2, -0.15) is 0 Å². The number of rotatable bonds is 3. The van der Waals surface area contributed by atoms with Crippen molar-refractivity contribution in [3.05, 3.63) is 63.2 Å². The largest absolute Gasteiger partial charge is 0.433 e. The van der Waals surface area contributed by atoms with Gasteiger partial charge in [-0.15, -0.1) is 11.3 Å². The number of furan rings is 1. The first kappa shape index (κ1) is 14.7. The Morgan fingerprint density at radius 3 is 2.52 bits per heavy atom. The van der Waals surface area contributed by atoms with Crippen molar-refractivity contribution in [2.75, 3.05) is 0 Å². The van der Waals surface area contributed by atoms with E-state index in [1.54, 1.807) is 6.07 Å². The molecule has 0 spiro atoms. The van der Waals surface area contributed by atoms with Crippen LogP contribution < -0.4 is 10.9 Å². The summed E-state index contributed by atoms with van der Waals surface area (Å²) in [5.74, 6) is -2.09. The number of amides is 2. The van der Waals surface area contributed by atoms with Gasteiger partial charge in [0, 0.05) is 4.70 Å². The van der Waals surface area contributed by atoms with Crippen molar-refractivity contribution in [3.63, 3.8) is 0 Å². The molecule has 2 amide bonds. The highest BCUT2D eigenvalue weighted by Gasteiger charge is 2.18. The van der Waals surface area contributed by atoms with Crippen LogP contribution in [0.3, 0.4) is 0 Å². The molecule has 3 aromatic rings. The van der Waals surface area contributed by atoms with Crippen LogP contribution in [0.25, 0.3) is 10.1 Å². The maximum absolute atomic E-state index is 12.0. The fraction of sp³-hybridized carbons (Fsp3) is 0. The fourth-order valence-electron chi connectivity index (χ4n) is 1.88. The lowest BCUT2D eigenvalue weighted by atomic mass is 10.2. The molecular weight excluding hydrogens is 322 g/mol. The number of nitro groups is 1. The zero-order valence-electron chi connectivity index (χ0n) is 11.4. The summed E-state index contributed by atoms with van der Waals surface area (Å²) in [7, 11) is 0. The van der Waals surface area contributed by atoms with Gasteiger partial charge in [0.1, 0.15) is 4.92 Å².